The van der Waals surface area contributed by atoms with Gasteiger partial charge in [0.1, 0.15) is 0 Å². The third-order valence-corrected chi connectivity index (χ3v) is 2.78. The van der Waals surface area contributed by atoms with Gasteiger partial charge in [-0.2, -0.15) is 5.10 Å². The number of guanidine groups is 1. The van der Waals surface area contributed by atoms with E-state index in [4.69, 9.17) is 10.2 Å². The number of aliphatic hydroxyl groups is 1. The lowest BCUT2D eigenvalue weighted by atomic mass is 10.1. The molecular weight excluding hydrogens is 260 g/mol. The molecule has 7 heteroatoms. The first-order valence-corrected chi connectivity index (χ1v) is 6.26. The number of nitrogens with one attached hydrogen (secondary N) is 2. The Morgan fingerprint density at radius 3 is 2.60 bits per heavy atom. The van der Waals surface area contributed by atoms with Crippen molar-refractivity contribution in [3.8, 4) is 0 Å². The molecule has 0 bridgehead atoms. The van der Waals surface area contributed by atoms with Crippen molar-refractivity contribution < 1.29 is 15.0 Å². The number of hydrazone groups is 1. The number of nitrogens with zero attached hydrogens (tertiary/aromatic N) is 2. The number of hydrogen-bond acceptors (Lipinski definition) is 6. The molecule has 1 aliphatic rings. The Bertz CT molecular complexity index is 537. The van der Waals surface area contributed by atoms with Gasteiger partial charge in [-0.15, -0.1) is 0 Å². The molecule has 4 N–H and O–H groups in total. The maximum atomic E-state index is 10.8. The van der Waals surface area contributed by atoms with Crippen LogP contribution in [0.5, 0.6) is 0 Å². The van der Waals surface area contributed by atoms with Gasteiger partial charge in [-0.25, -0.2) is 15.2 Å². The van der Waals surface area contributed by atoms with E-state index in [-0.39, 0.29) is 12.2 Å². The minimum Gasteiger partial charge on any atom is -0.478 e. The van der Waals surface area contributed by atoms with Crippen LogP contribution in [0.1, 0.15) is 22.3 Å². The lowest BCUT2D eigenvalue weighted by Gasteiger charge is -2.07. The quantitative estimate of drug-likeness (QED) is 0.448. The number of hydrogen-bond donors (Lipinski definition) is 4. The van der Waals surface area contributed by atoms with Crippen LogP contribution in [0.4, 0.5) is 0 Å². The van der Waals surface area contributed by atoms with Crippen LogP contribution in [-0.2, 0) is 0 Å². The zero-order valence-electron chi connectivity index (χ0n) is 10.8. The van der Waals surface area contributed by atoms with Gasteiger partial charge in [0.15, 0.2) is 0 Å². The van der Waals surface area contributed by atoms with Crippen molar-refractivity contribution in [2.75, 3.05) is 19.7 Å². The standard InChI is InChI=1S/C13H16N4O3/c18-8-5-11(16-17-13-14-6-7-15-13)9-1-3-10(4-2-9)12(19)20/h1-4,18H,5-8H2,(H,19,20)(H2,14,15,17). The van der Waals surface area contributed by atoms with E-state index in [1.54, 1.807) is 12.1 Å². The number of aliphatic hydroxyl groups excluding tert-OH is 1. The van der Waals surface area contributed by atoms with Gasteiger partial charge in [0.25, 0.3) is 0 Å². The van der Waals surface area contributed by atoms with Crippen LogP contribution >= 0.6 is 0 Å². The fourth-order valence-corrected chi connectivity index (χ4v) is 1.77. The highest BCUT2D eigenvalue weighted by molar-refractivity contribution is 6.02. The first kappa shape index (κ1) is 14.0. The first-order chi connectivity index (χ1) is 9.70. The zero-order chi connectivity index (χ0) is 14.4. The van der Waals surface area contributed by atoms with Crippen molar-refractivity contribution in [1.82, 2.24) is 10.7 Å². The second-order valence-corrected chi connectivity index (χ2v) is 4.18. The summed E-state index contributed by atoms with van der Waals surface area (Å²) in [5.41, 5.74) is 4.42. The van der Waals surface area contributed by atoms with Crippen LogP contribution in [0.3, 0.4) is 0 Å². The molecule has 1 aliphatic heterocycles. The predicted octanol–water partition coefficient (Wildman–Crippen LogP) is 0.0201. The molecule has 0 amide bonds. The molecule has 1 aromatic rings. The van der Waals surface area contributed by atoms with Crippen molar-refractivity contribution >= 4 is 17.6 Å². The van der Waals surface area contributed by atoms with Crippen LogP contribution in [-0.4, -0.2) is 47.5 Å². The van der Waals surface area contributed by atoms with Crippen molar-refractivity contribution in [1.29, 1.82) is 0 Å². The van der Waals surface area contributed by atoms with Crippen molar-refractivity contribution in [3.63, 3.8) is 0 Å². The molecule has 20 heavy (non-hydrogen) atoms. The van der Waals surface area contributed by atoms with Crippen LogP contribution in [0.15, 0.2) is 34.4 Å². The van der Waals surface area contributed by atoms with Gasteiger partial charge in [0, 0.05) is 19.6 Å². The van der Waals surface area contributed by atoms with Crippen molar-refractivity contribution in [2.24, 2.45) is 10.1 Å². The SMILES string of the molecule is O=C(O)c1ccc(C(CCO)=NNC2=NCCN2)cc1. The van der Waals surface area contributed by atoms with Gasteiger partial charge in [-0.05, 0) is 17.7 Å². The molecule has 0 saturated carbocycles. The van der Waals surface area contributed by atoms with Crippen molar-refractivity contribution in [3.05, 3.63) is 35.4 Å². The van der Waals surface area contributed by atoms with Crippen LogP contribution in [0, 0.1) is 0 Å². The summed E-state index contributed by atoms with van der Waals surface area (Å²) < 4.78 is 0. The fraction of sp³-hybridized carbons (Fsp3) is 0.308. The van der Waals surface area contributed by atoms with E-state index in [0.29, 0.717) is 24.6 Å². The summed E-state index contributed by atoms with van der Waals surface area (Å²) in [7, 11) is 0. The number of aliphatic imine (C=N–C) groups is 1. The molecule has 0 radical (unpaired) electrons. The number of aromatic carboxylic acids is 1. The Morgan fingerprint density at radius 1 is 1.35 bits per heavy atom. The number of benzene rings is 1. The van der Waals surface area contributed by atoms with Gasteiger partial charge in [0.05, 0.1) is 17.8 Å². The molecule has 0 saturated heterocycles. The van der Waals surface area contributed by atoms with Gasteiger partial charge in [-0.3, -0.25) is 0 Å². The minimum absolute atomic E-state index is 0.0406. The van der Waals surface area contributed by atoms with Crippen LogP contribution in [0.2, 0.25) is 0 Å². The zero-order valence-corrected chi connectivity index (χ0v) is 10.8. The Balaban J connectivity index is 2.14. The van der Waals surface area contributed by atoms with E-state index in [1.165, 1.54) is 12.1 Å². The number of rotatable bonds is 5. The molecule has 7 nitrogen and oxygen atoms in total. The van der Waals surface area contributed by atoms with Gasteiger partial charge in [-0.1, -0.05) is 12.1 Å². The van der Waals surface area contributed by atoms with Crippen LogP contribution < -0.4 is 10.7 Å². The average Bonchev–Trinajstić information content (AvgIpc) is 2.97. The molecule has 1 heterocycles. The topological polar surface area (TPSA) is 106 Å². The van der Waals surface area contributed by atoms with E-state index in [9.17, 15) is 4.79 Å². The first-order valence-electron chi connectivity index (χ1n) is 6.26. The minimum atomic E-state index is -0.972. The lowest BCUT2D eigenvalue weighted by Crippen LogP contribution is -2.31. The summed E-state index contributed by atoms with van der Waals surface area (Å²) in [5, 5.41) is 25.2. The van der Waals surface area contributed by atoms with Crippen LogP contribution in [0.25, 0.3) is 0 Å². The maximum Gasteiger partial charge on any atom is 0.335 e. The largest absolute Gasteiger partial charge is 0.478 e. The Hall–Kier alpha value is -2.41. The van der Waals surface area contributed by atoms with E-state index in [1.807, 2.05) is 0 Å². The molecule has 0 unspecified atom stereocenters. The Morgan fingerprint density at radius 2 is 2.05 bits per heavy atom. The molecule has 106 valence electrons. The van der Waals surface area contributed by atoms with E-state index in [2.05, 4.69) is 20.8 Å². The smallest absolute Gasteiger partial charge is 0.335 e. The Labute approximate surface area is 116 Å². The highest BCUT2D eigenvalue weighted by Gasteiger charge is 2.08. The van der Waals surface area contributed by atoms with Crippen molar-refractivity contribution in [2.45, 2.75) is 6.42 Å². The highest BCUT2D eigenvalue weighted by atomic mass is 16.4. The molecular formula is C13H16N4O3. The Kier molecular flexibility index (Phi) is 4.67. The summed E-state index contributed by atoms with van der Waals surface area (Å²) in [5.74, 6) is -0.373. The molecule has 1 aromatic carbocycles. The molecule has 0 spiro atoms. The van der Waals surface area contributed by atoms with Gasteiger partial charge < -0.3 is 15.5 Å². The predicted molar refractivity (Wildman–Crippen MR) is 75.1 cm³/mol. The summed E-state index contributed by atoms with van der Waals surface area (Å²) in [4.78, 5) is 14.9. The average molecular weight is 276 g/mol. The number of carbonyl (C=O) groups is 1. The number of carboxylic acids is 1. The monoisotopic (exact) mass is 276 g/mol. The fourth-order valence-electron chi connectivity index (χ4n) is 1.77. The second kappa shape index (κ2) is 6.67. The molecule has 0 atom stereocenters. The molecule has 0 aliphatic carbocycles. The molecule has 0 aromatic heterocycles. The second-order valence-electron chi connectivity index (χ2n) is 4.18. The summed E-state index contributed by atoms with van der Waals surface area (Å²) >= 11 is 0. The summed E-state index contributed by atoms with van der Waals surface area (Å²) in [6.07, 6.45) is 0.368. The third kappa shape index (κ3) is 3.55. The summed E-state index contributed by atoms with van der Waals surface area (Å²) in [6.45, 7) is 1.45. The molecule has 0 fully saturated rings. The van der Waals surface area contributed by atoms with E-state index in [0.717, 1.165) is 12.1 Å². The highest BCUT2D eigenvalue weighted by Crippen LogP contribution is 2.08. The van der Waals surface area contributed by atoms with E-state index < -0.39 is 5.97 Å². The lowest BCUT2D eigenvalue weighted by molar-refractivity contribution is 0.0697. The normalized spacial score (nSPS) is 14.7. The van der Waals surface area contributed by atoms with Gasteiger partial charge >= 0.3 is 5.97 Å². The van der Waals surface area contributed by atoms with Gasteiger partial charge in [0.2, 0.25) is 5.96 Å². The van der Waals surface area contributed by atoms with E-state index >= 15 is 0 Å². The number of carboxylic acid groups (broad SMARTS) is 1. The summed E-state index contributed by atoms with van der Waals surface area (Å²) in [6, 6.07) is 6.36. The molecule has 2 rings (SSSR count). The third-order valence-electron chi connectivity index (χ3n) is 2.78. The maximum absolute atomic E-state index is 10.8.